The van der Waals surface area contributed by atoms with E-state index in [1.165, 1.54) is 0 Å². The zero-order chi connectivity index (χ0) is 15.6. The highest BCUT2D eigenvalue weighted by Gasteiger charge is 2.23. The highest BCUT2D eigenvalue weighted by molar-refractivity contribution is 9.10. The van der Waals surface area contributed by atoms with E-state index in [0.717, 1.165) is 39.5 Å². The van der Waals surface area contributed by atoms with Gasteiger partial charge in [0.1, 0.15) is 5.82 Å². The van der Waals surface area contributed by atoms with Crippen molar-refractivity contribution in [3.05, 3.63) is 34.2 Å². The van der Waals surface area contributed by atoms with Crippen molar-refractivity contribution < 1.29 is 0 Å². The zero-order valence-electron chi connectivity index (χ0n) is 13.2. The second kappa shape index (κ2) is 6.10. The molecule has 0 bridgehead atoms. The van der Waals surface area contributed by atoms with E-state index >= 15 is 0 Å². The van der Waals surface area contributed by atoms with Gasteiger partial charge in [-0.25, -0.2) is 9.97 Å². The quantitative estimate of drug-likeness (QED) is 0.896. The molecule has 112 valence electrons. The van der Waals surface area contributed by atoms with Gasteiger partial charge in [-0.05, 0) is 41.4 Å². The molecule has 0 saturated heterocycles. The first kappa shape index (κ1) is 15.9. The Hall–Kier alpha value is -1.49. The van der Waals surface area contributed by atoms with Crippen molar-refractivity contribution in [3.8, 4) is 11.4 Å². The Kier molecular flexibility index (Phi) is 4.61. The Bertz CT molecular complexity index is 647. The molecule has 0 aromatic carbocycles. The summed E-state index contributed by atoms with van der Waals surface area (Å²) in [5.74, 6) is 1.57. The van der Waals surface area contributed by atoms with E-state index in [0.29, 0.717) is 0 Å². The number of pyridine rings is 1. The molecule has 0 fully saturated rings. The second-order valence-electron chi connectivity index (χ2n) is 6.03. The largest absolute Gasteiger partial charge is 0.369 e. The molecule has 2 aromatic rings. The lowest BCUT2D eigenvalue weighted by atomic mass is 9.91. The molecule has 2 aromatic heterocycles. The van der Waals surface area contributed by atoms with Gasteiger partial charge in [-0.3, -0.25) is 4.98 Å². The molecular formula is C16H21BrN4. The van der Waals surface area contributed by atoms with Gasteiger partial charge in [0.15, 0.2) is 5.82 Å². The van der Waals surface area contributed by atoms with Gasteiger partial charge in [0.05, 0.1) is 10.2 Å². The Labute approximate surface area is 134 Å². The molecule has 0 aliphatic heterocycles. The fraction of sp³-hybridized carbons (Fsp3) is 0.438. The summed E-state index contributed by atoms with van der Waals surface area (Å²) in [4.78, 5) is 13.6. The molecular weight excluding hydrogens is 328 g/mol. The van der Waals surface area contributed by atoms with Crippen LogP contribution in [0.3, 0.4) is 0 Å². The number of hydrogen-bond acceptors (Lipinski definition) is 4. The molecule has 2 heterocycles. The Morgan fingerprint density at radius 2 is 1.95 bits per heavy atom. The van der Waals surface area contributed by atoms with Crippen molar-refractivity contribution >= 4 is 21.7 Å². The minimum absolute atomic E-state index is 0.0678. The van der Waals surface area contributed by atoms with Gasteiger partial charge in [0.2, 0.25) is 0 Å². The number of halogens is 1. The lowest BCUT2D eigenvalue weighted by Gasteiger charge is -2.22. The van der Waals surface area contributed by atoms with E-state index in [4.69, 9.17) is 4.98 Å². The van der Waals surface area contributed by atoms with Crippen molar-refractivity contribution in [3.63, 3.8) is 0 Å². The number of aromatic nitrogens is 3. The van der Waals surface area contributed by atoms with E-state index in [1.54, 1.807) is 6.20 Å². The molecule has 0 unspecified atom stereocenters. The molecule has 0 atom stereocenters. The average Bonchev–Trinajstić information content (AvgIpc) is 2.41. The SMILES string of the molecule is CCNc1nc(-c2ccncc2C)nc(C(C)(C)C)c1Br. The van der Waals surface area contributed by atoms with Crippen LogP contribution in [0, 0.1) is 6.92 Å². The third-order valence-corrected chi connectivity index (χ3v) is 3.92. The van der Waals surface area contributed by atoms with E-state index in [9.17, 15) is 0 Å². The number of rotatable bonds is 3. The fourth-order valence-electron chi connectivity index (χ4n) is 2.07. The monoisotopic (exact) mass is 348 g/mol. The van der Waals surface area contributed by atoms with Gasteiger partial charge in [-0.1, -0.05) is 20.8 Å². The van der Waals surface area contributed by atoms with E-state index in [-0.39, 0.29) is 5.41 Å². The zero-order valence-corrected chi connectivity index (χ0v) is 14.7. The normalized spacial score (nSPS) is 11.5. The summed E-state index contributed by atoms with van der Waals surface area (Å²) in [7, 11) is 0. The smallest absolute Gasteiger partial charge is 0.162 e. The molecule has 1 N–H and O–H groups in total. The number of hydrogen-bond donors (Lipinski definition) is 1. The summed E-state index contributed by atoms with van der Waals surface area (Å²) < 4.78 is 0.937. The van der Waals surface area contributed by atoms with Crippen LogP contribution in [0.5, 0.6) is 0 Å². The lowest BCUT2D eigenvalue weighted by Crippen LogP contribution is -2.17. The van der Waals surface area contributed by atoms with E-state index in [2.05, 4.69) is 58.9 Å². The van der Waals surface area contributed by atoms with Crippen LogP contribution in [0.2, 0.25) is 0 Å². The van der Waals surface area contributed by atoms with Gasteiger partial charge in [0, 0.05) is 29.9 Å². The minimum atomic E-state index is -0.0678. The highest BCUT2D eigenvalue weighted by atomic mass is 79.9. The lowest BCUT2D eigenvalue weighted by molar-refractivity contribution is 0.564. The Balaban J connectivity index is 2.68. The van der Waals surface area contributed by atoms with Crippen LogP contribution in [0.25, 0.3) is 11.4 Å². The second-order valence-corrected chi connectivity index (χ2v) is 6.82. The maximum atomic E-state index is 4.79. The molecule has 0 aliphatic rings. The predicted octanol–water partition coefficient (Wildman–Crippen LogP) is 4.34. The van der Waals surface area contributed by atoms with Gasteiger partial charge in [-0.2, -0.15) is 0 Å². The summed E-state index contributed by atoms with van der Waals surface area (Å²) in [5.41, 5.74) is 3.02. The molecule has 5 heteroatoms. The van der Waals surface area contributed by atoms with Crippen molar-refractivity contribution in [2.45, 2.75) is 40.0 Å². The molecule has 0 aliphatic carbocycles. The number of aryl methyl sites for hydroxylation is 1. The summed E-state index contributed by atoms with van der Waals surface area (Å²) in [6.45, 7) is 11.4. The first-order valence-electron chi connectivity index (χ1n) is 7.07. The number of nitrogens with zero attached hydrogens (tertiary/aromatic N) is 3. The summed E-state index contributed by atoms with van der Waals surface area (Å²) in [5, 5.41) is 3.30. The van der Waals surface area contributed by atoms with Crippen molar-refractivity contribution in [2.24, 2.45) is 0 Å². The highest BCUT2D eigenvalue weighted by Crippen LogP contribution is 2.34. The van der Waals surface area contributed by atoms with Gasteiger partial charge < -0.3 is 5.32 Å². The Morgan fingerprint density at radius 3 is 2.52 bits per heavy atom. The third kappa shape index (κ3) is 3.40. The fourth-order valence-corrected chi connectivity index (χ4v) is 2.99. The Morgan fingerprint density at radius 1 is 1.24 bits per heavy atom. The van der Waals surface area contributed by atoms with Crippen molar-refractivity contribution in [1.29, 1.82) is 0 Å². The van der Waals surface area contributed by atoms with E-state index < -0.39 is 0 Å². The third-order valence-electron chi connectivity index (χ3n) is 3.17. The minimum Gasteiger partial charge on any atom is -0.369 e. The standard InChI is InChI=1S/C16H21BrN4/c1-6-19-15-12(17)13(16(3,4)5)20-14(21-15)11-7-8-18-9-10(11)2/h7-9H,6H2,1-5H3,(H,19,20,21). The topological polar surface area (TPSA) is 50.7 Å². The summed E-state index contributed by atoms with van der Waals surface area (Å²) >= 11 is 3.64. The van der Waals surface area contributed by atoms with Crippen LogP contribution in [-0.2, 0) is 5.41 Å². The van der Waals surface area contributed by atoms with Crippen LogP contribution >= 0.6 is 15.9 Å². The maximum Gasteiger partial charge on any atom is 0.162 e. The van der Waals surface area contributed by atoms with Gasteiger partial charge >= 0.3 is 0 Å². The molecule has 0 saturated carbocycles. The molecule has 4 nitrogen and oxygen atoms in total. The summed E-state index contributed by atoms with van der Waals surface area (Å²) in [6, 6.07) is 1.96. The molecule has 2 rings (SSSR count). The van der Waals surface area contributed by atoms with Crippen LogP contribution in [0.15, 0.2) is 22.9 Å². The van der Waals surface area contributed by atoms with Crippen molar-refractivity contribution in [1.82, 2.24) is 15.0 Å². The van der Waals surface area contributed by atoms with Crippen molar-refractivity contribution in [2.75, 3.05) is 11.9 Å². The first-order valence-corrected chi connectivity index (χ1v) is 7.86. The molecule has 0 spiro atoms. The first-order chi connectivity index (χ1) is 9.84. The van der Waals surface area contributed by atoms with Crippen LogP contribution in [-0.4, -0.2) is 21.5 Å². The number of nitrogens with one attached hydrogen (secondary N) is 1. The summed E-state index contributed by atoms with van der Waals surface area (Å²) in [6.07, 6.45) is 3.61. The number of anilines is 1. The molecule has 21 heavy (non-hydrogen) atoms. The molecule has 0 radical (unpaired) electrons. The van der Waals surface area contributed by atoms with Crippen LogP contribution < -0.4 is 5.32 Å². The average molecular weight is 349 g/mol. The van der Waals surface area contributed by atoms with Crippen LogP contribution in [0.1, 0.15) is 39.0 Å². The van der Waals surface area contributed by atoms with Gasteiger partial charge in [0.25, 0.3) is 0 Å². The van der Waals surface area contributed by atoms with E-state index in [1.807, 2.05) is 19.2 Å². The van der Waals surface area contributed by atoms with Crippen LogP contribution in [0.4, 0.5) is 5.82 Å². The maximum absolute atomic E-state index is 4.79. The molecule has 0 amide bonds. The predicted molar refractivity (Wildman–Crippen MR) is 90.6 cm³/mol. The van der Waals surface area contributed by atoms with Gasteiger partial charge in [-0.15, -0.1) is 0 Å².